The maximum atomic E-state index is 13.3. The predicted octanol–water partition coefficient (Wildman–Crippen LogP) is 4.51. The summed E-state index contributed by atoms with van der Waals surface area (Å²) in [6, 6.07) is 7.12. The SMILES string of the molecule is CCCCn1nc(C(=O)N(c2cccc(C(F)(F)F)c2)C(C)C2CC2)ccc1=O. The number of anilines is 1. The Morgan fingerprint density at radius 3 is 2.62 bits per heavy atom. The van der Waals surface area contributed by atoms with Gasteiger partial charge < -0.3 is 4.90 Å². The number of carbonyl (C=O) groups excluding carboxylic acids is 1. The molecule has 0 spiro atoms. The van der Waals surface area contributed by atoms with E-state index in [0.717, 1.165) is 37.8 Å². The first-order chi connectivity index (χ1) is 13.7. The van der Waals surface area contributed by atoms with Crippen molar-refractivity contribution in [1.29, 1.82) is 0 Å². The van der Waals surface area contributed by atoms with E-state index in [-0.39, 0.29) is 28.9 Å². The van der Waals surface area contributed by atoms with Crippen molar-refractivity contribution in [2.75, 3.05) is 4.90 Å². The first-order valence-electron chi connectivity index (χ1n) is 9.81. The maximum absolute atomic E-state index is 13.3. The molecule has 1 saturated carbocycles. The minimum atomic E-state index is -4.50. The summed E-state index contributed by atoms with van der Waals surface area (Å²) < 4.78 is 40.8. The second-order valence-corrected chi connectivity index (χ2v) is 7.43. The molecule has 156 valence electrons. The summed E-state index contributed by atoms with van der Waals surface area (Å²) in [5.41, 5.74) is -0.893. The highest BCUT2D eigenvalue weighted by Crippen LogP contribution is 2.39. The molecule has 1 aliphatic carbocycles. The van der Waals surface area contributed by atoms with Crippen LogP contribution in [0, 0.1) is 5.92 Å². The number of rotatable bonds is 7. The molecule has 1 aromatic carbocycles. The van der Waals surface area contributed by atoms with Crippen LogP contribution in [0.1, 0.15) is 55.6 Å². The zero-order valence-corrected chi connectivity index (χ0v) is 16.4. The normalized spacial score (nSPS) is 15.2. The summed E-state index contributed by atoms with van der Waals surface area (Å²) in [6.07, 6.45) is -1.05. The average molecular weight is 407 g/mol. The molecule has 8 heteroatoms. The molecule has 0 radical (unpaired) electrons. The molecule has 0 saturated heterocycles. The van der Waals surface area contributed by atoms with Crippen LogP contribution in [-0.4, -0.2) is 21.7 Å². The Morgan fingerprint density at radius 2 is 2.00 bits per heavy atom. The van der Waals surface area contributed by atoms with Gasteiger partial charge in [0, 0.05) is 24.3 Å². The van der Waals surface area contributed by atoms with E-state index in [4.69, 9.17) is 0 Å². The summed E-state index contributed by atoms with van der Waals surface area (Å²) >= 11 is 0. The topological polar surface area (TPSA) is 55.2 Å². The molecule has 1 atom stereocenters. The Hall–Kier alpha value is -2.64. The fourth-order valence-electron chi connectivity index (χ4n) is 3.31. The van der Waals surface area contributed by atoms with Gasteiger partial charge in [-0.2, -0.15) is 18.3 Å². The second kappa shape index (κ2) is 8.39. The lowest BCUT2D eigenvalue weighted by atomic mass is 10.1. The van der Waals surface area contributed by atoms with Crippen molar-refractivity contribution in [2.45, 2.75) is 58.3 Å². The maximum Gasteiger partial charge on any atom is 0.416 e. The lowest BCUT2D eigenvalue weighted by Gasteiger charge is -2.30. The van der Waals surface area contributed by atoms with E-state index >= 15 is 0 Å². The molecular formula is C21H24F3N3O2. The van der Waals surface area contributed by atoms with E-state index in [1.54, 1.807) is 0 Å². The zero-order chi connectivity index (χ0) is 21.2. The number of hydrogen-bond acceptors (Lipinski definition) is 3. The Bertz CT molecular complexity index is 935. The smallest absolute Gasteiger partial charge is 0.304 e. The summed E-state index contributed by atoms with van der Waals surface area (Å²) in [5.74, 6) is -0.270. The molecule has 1 aliphatic rings. The van der Waals surface area contributed by atoms with E-state index in [1.165, 1.54) is 33.8 Å². The molecule has 1 amide bonds. The molecule has 0 bridgehead atoms. The van der Waals surface area contributed by atoms with Crippen LogP contribution >= 0.6 is 0 Å². The molecule has 1 unspecified atom stereocenters. The van der Waals surface area contributed by atoms with Gasteiger partial charge >= 0.3 is 6.18 Å². The van der Waals surface area contributed by atoms with Crippen molar-refractivity contribution in [1.82, 2.24) is 9.78 Å². The molecule has 29 heavy (non-hydrogen) atoms. The molecule has 1 heterocycles. The molecular weight excluding hydrogens is 383 g/mol. The van der Waals surface area contributed by atoms with Crippen molar-refractivity contribution in [3.63, 3.8) is 0 Å². The molecule has 5 nitrogen and oxygen atoms in total. The molecule has 2 aromatic rings. The Balaban J connectivity index is 2.00. The molecule has 0 aliphatic heterocycles. The van der Waals surface area contributed by atoms with Crippen LogP contribution in [0.4, 0.5) is 18.9 Å². The quantitative estimate of drug-likeness (QED) is 0.679. The third-order valence-electron chi connectivity index (χ3n) is 5.19. The van der Waals surface area contributed by atoms with Crippen molar-refractivity contribution in [3.05, 3.63) is 58.0 Å². The number of aromatic nitrogens is 2. The van der Waals surface area contributed by atoms with Crippen molar-refractivity contribution in [2.24, 2.45) is 5.92 Å². The van der Waals surface area contributed by atoms with Gasteiger partial charge in [0.25, 0.3) is 11.5 Å². The van der Waals surface area contributed by atoms with Crippen LogP contribution in [0.15, 0.2) is 41.2 Å². The minimum Gasteiger partial charge on any atom is -0.304 e. The second-order valence-electron chi connectivity index (χ2n) is 7.43. The summed E-state index contributed by atoms with van der Waals surface area (Å²) in [6.45, 7) is 4.20. The number of amides is 1. The number of hydrogen-bond donors (Lipinski definition) is 0. The molecule has 3 rings (SSSR count). The zero-order valence-electron chi connectivity index (χ0n) is 16.4. The minimum absolute atomic E-state index is 0.0469. The highest BCUT2D eigenvalue weighted by molar-refractivity contribution is 6.05. The van der Waals surface area contributed by atoms with Gasteiger partial charge in [0.05, 0.1) is 5.56 Å². The van der Waals surface area contributed by atoms with E-state index in [9.17, 15) is 22.8 Å². The van der Waals surface area contributed by atoms with Gasteiger partial charge in [-0.3, -0.25) is 9.59 Å². The average Bonchev–Trinajstić information content (AvgIpc) is 3.52. The number of halogens is 3. The fraction of sp³-hybridized carbons (Fsp3) is 0.476. The number of benzene rings is 1. The summed E-state index contributed by atoms with van der Waals surface area (Å²) in [5, 5.41) is 4.18. The van der Waals surface area contributed by atoms with Crippen molar-refractivity contribution < 1.29 is 18.0 Å². The van der Waals surface area contributed by atoms with Gasteiger partial charge in [0.15, 0.2) is 0 Å². The number of unbranched alkanes of at least 4 members (excludes halogenated alkanes) is 1. The van der Waals surface area contributed by atoms with Gasteiger partial charge in [-0.15, -0.1) is 0 Å². The Kier molecular flexibility index (Phi) is 6.10. The van der Waals surface area contributed by atoms with Crippen LogP contribution < -0.4 is 10.5 Å². The van der Waals surface area contributed by atoms with E-state index in [0.29, 0.717) is 6.54 Å². The van der Waals surface area contributed by atoms with Crippen LogP contribution in [0.3, 0.4) is 0 Å². The fourth-order valence-corrected chi connectivity index (χ4v) is 3.31. The van der Waals surface area contributed by atoms with Gasteiger partial charge in [-0.1, -0.05) is 19.4 Å². The van der Waals surface area contributed by atoms with Crippen LogP contribution in [-0.2, 0) is 12.7 Å². The number of carbonyl (C=O) groups is 1. The van der Waals surface area contributed by atoms with Crippen LogP contribution in [0.25, 0.3) is 0 Å². The largest absolute Gasteiger partial charge is 0.416 e. The summed E-state index contributed by atoms with van der Waals surface area (Å²) in [7, 11) is 0. The summed E-state index contributed by atoms with van der Waals surface area (Å²) in [4.78, 5) is 26.7. The molecule has 0 N–H and O–H groups in total. The van der Waals surface area contributed by atoms with E-state index in [2.05, 4.69) is 5.10 Å². The highest BCUT2D eigenvalue weighted by Gasteiger charge is 2.37. The molecule has 1 fully saturated rings. The van der Waals surface area contributed by atoms with Crippen molar-refractivity contribution >= 4 is 11.6 Å². The first-order valence-corrected chi connectivity index (χ1v) is 9.81. The first kappa shape index (κ1) is 21.1. The number of nitrogens with zero attached hydrogens (tertiary/aromatic N) is 3. The van der Waals surface area contributed by atoms with Gasteiger partial charge in [0.2, 0.25) is 0 Å². The van der Waals surface area contributed by atoms with Crippen LogP contribution in [0.2, 0.25) is 0 Å². The number of alkyl halides is 3. The van der Waals surface area contributed by atoms with Crippen molar-refractivity contribution in [3.8, 4) is 0 Å². The molecule has 1 aromatic heterocycles. The Labute approximate surface area is 167 Å². The standard InChI is InChI=1S/C21H24F3N3O2/c1-3-4-12-26-19(28)11-10-18(25-26)20(29)27(14(2)15-8-9-15)17-7-5-6-16(13-17)21(22,23)24/h5-7,10-11,13-15H,3-4,8-9,12H2,1-2H3. The van der Waals surface area contributed by atoms with Crippen LogP contribution in [0.5, 0.6) is 0 Å². The monoisotopic (exact) mass is 407 g/mol. The van der Waals surface area contributed by atoms with E-state index in [1.807, 2.05) is 13.8 Å². The third-order valence-corrected chi connectivity index (χ3v) is 5.19. The number of aryl methyl sites for hydroxylation is 1. The van der Waals surface area contributed by atoms with Gasteiger partial charge in [-0.25, -0.2) is 4.68 Å². The predicted molar refractivity (Wildman–Crippen MR) is 104 cm³/mol. The van der Waals surface area contributed by atoms with E-state index < -0.39 is 17.6 Å². The lowest BCUT2D eigenvalue weighted by Crippen LogP contribution is -2.41. The van der Waals surface area contributed by atoms with Gasteiger partial charge in [0.1, 0.15) is 5.69 Å². The third kappa shape index (κ3) is 4.86. The highest BCUT2D eigenvalue weighted by atomic mass is 19.4. The van der Waals surface area contributed by atoms with Gasteiger partial charge in [-0.05, 0) is 56.4 Å². The Morgan fingerprint density at radius 1 is 1.28 bits per heavy atom. The lowest BCUT2D eigenvalue weighted by molar-refractivity contribution is -0.137.